The molecule has 3 aromatic rings. The van der Waals surface area contributed by atoms with Crippen molar-refractivity contribution in [2.75, 3.05) is 4.90 Å². The molecule has 3 heterocycles. The van der Waals surface area contributed by atoms with Crippen LogP contribution in [0.3, 0.4) is 0 Å². The molecule has 0 amide bonds. The van der Waals surface area contributed by atoms with Crippen LogP contribution in [0, 0.1) is 29.6 Å². The molecule has 260 valence electrons. The van der Waals surface area contributed by atoms with Gasteiger partial charge in [0, 0.05) is 32.9 Å². The lowest BCUT2D eigenvalue weighted by Gasteiger charge is -2.59. The van der Waals surface area contributed by atoms with E-state index in [1.807, 2.05) is 0 Å². The quantitative estimate of drug-likeness (QED) is 0.249. The van der Waals surface area contributed by atoms with Gasteiger partial charge in [0.05, 0.1) is 17.5 Å². The van der Waals surface area contributed by atoms with Crippen LogP contribution in [0.5, 0.6) is 0 Å². The zero-order valence-corrected chi connectivity index (χ0v) is 31.4. The molecule has 0 aromatic heterocycles. The van der Waals surface area contributed by atoms with Crippen LogP contribution in [0.25, 0.3) is 11.1 Å². The number of rotatable bonds is 3. The number of fused-ring (bicyclic) bond motifs is 10. The van der Waals surface area contributed by atoms with Gasteiger partial charge >= 0.3 is 0 Å². The van der Waals surface area contributed by atoms with Gasteiger partial charge in [0.25, 0.3) is 0 Å². The zero-order valence-electron chi connectivity index (χ0n) is 29.8. The van der Waals surface area contributed by atoms with E-state index >= 15 is 0 Å². The van der Waals surface area contributed by atoms with Gasteiger partial charge in [0.15, 0.2) is 0 Å². The summed E-state index contributed by atoms with van der Waals surface area (Å²) >= 11 is 4.47. The van der Waals surface area contributed by atoms with Crippen LogP contribution >= 0.6 is 23.5 Å². The lowest BCUT2D eigenvalue weighted by Crippen LogP contribution is -2.55. The maximum atomic E-state index is 2.74. The molecule has 3 heteroatoms. The molecule has 0 radical (unpaired) electrons. The molecule has 3 aliphatic heterocycles. The molecule has 10 unspecified atom stereocenters. The van der Waals surface area contributed by atoms with E-state index in [4.69, 9.17) is 0 Å². The van der Waals surface area contributed by atoms with Crippen LogP contribution < -0.4 is 4.90 Å². The third kappa shape index (κ3) is 4.77. The summed E-state index contributed by atoms with van der Waals surface area (Å²) in [6, 6.07) is 30.7. The fourth-order valence-corrected chi connectivity index (χ4v) is 15.2. The minimum absolute atomic E-state index is 0.103. The number of hydrogen-bond acceptors (Lipinski definition) is 3. The molecule has 8 aliphatic rings. The first-order chi connectivity index (χ1) is 25.8. The average Bonchev–Trinajstić information content (AvgIpc) is 3.55. The number of hydrogen-bond donors (Lipinski definition) is 0. The second-order valence-corrected chi connectivity index (χ2v) is 18.8. The Hall–Kier alpha value is -3.66. The normalized spacial score (nSPS) is 36.4. The smallest absolute Gasteiger partial charge is 0.0548 e. The van der Waals surface area contributed by atoms with E-state index in [1.54, 1.807) is 21.6 Å². The molecule has 1 nitrogen and oxygen atoms in total. The summed E-state index contributed by atoms with van der Waals surface area (Å²) in [6.07, 6.45) is 36.8. The van der Waals surface area contributed by atoms with Crippen molar-refractivity contribution < 1.29 is 0 Å². The van der Waals surface area contributed by atoms with Gasteiger partial charge in [0.1, 0.15) is 0 Å². The third-order valence-corrected chi connectivity index (χ3v) is 16.9. The minimum Gasteiger partial charge on any atom is -0.358 e. The lowest BCUT2D eigenvalue weighted by molar-refractivity contribution is 0.223. The SMILES string of the molecule is C1=CC2C3CC(C4CC=CC5C4SC4CCCC=C4C54C5=C(CCC=C5)Sc5ccc(-c6ccccc6)cc54)C=CC3N(c3ccccc3)C2C=C1. The maximum absolute atomic E-state index is 2.74. The Bertz CT molecular complexity index is 2100. The number of anilines is 1. The molecule has 1 spiro atoms. The number of para-hydroxylation sites is 1. The Labute approximate surface area is 318 Å². The van der Waals surface area contributed by atoms with Gasteiger partial charge in [-0.2, -0.15) is 0 Å². The zero-order chi connectivity index (χ0) is 34.2. The highest BCUT2D eigenvalue weighted by Crippen LogP contribution is 2.67. The molecule has 52 heavy (non-hydrogen) atoms. The molecule has 11 rings (SSSR count). The second kappa shape index (κ2) is 12.7. The van der Waals surface area contributed by atoms with Crippen LogP contribution in [0.4, 0.5) is 5.69 Å². The van der Waals surface area contributed by atoms with Crippen molar-refractivity contribution in [1.82, 2.24) is 0 Å². The van der Waals surface area contributed by atoms with Crippen molar-refractivity contribution in [2.24, 2.45) is 29.6 Å². The van der Waals surface area contributed by atoms with E-state index in [2.05, 4.69) is 174 Å². The van der Waals surface area contributed by atoms with Gasteiger partial charge < -0.3 is 4.90 Å². The van der Waals surface area contributed by atoms with Gasteiger partial charge in [-0.1, -0.05) is 133 Å². The molecule has 10 atom stereocenters. The Morgan fingerprint density at radius 2 is 1.62 bits per heavy atom. The van der Waals surface area contributed by atoms with Crippen LogP contribution in [-0.4, -0.2) is 22.6 Å². The summed E-state index contributed by atoms with van der Waals surface area (Å²) < 4.78 is 0. The molecular weight excluding hydrogens is 667 g/mol. The summed E-state index contributed by atoms with van der Waals surface area (Å²) in [5.41, 5.74) is 8.89. The monoisotopic (exact) mass is 713 g/mol. The van der Waals surface area contributed by atoms with Crippen LogP contribution in [0.1, 0.15) is 50.5 Å². The summed E-state index contributed by atoms with van der Waals surface area (Å²) in [7, 11) is 0. The number of benzene rings is 3. The van der Waals surface area contributed by atoms with E-state index in [9.17, 15) is 0 Å². The fraction of sp³-hybridized carbons (Fsp3) is 0.347. The van der Waals surface area contributed by atoms with E-state index < -0.39 is 0 Å². The van der Waals surface area contributed by atoms with Crippen LogP contribution in [-0.2, 0) is 5.41 Å². The molecule has 0 N–H and O–H groups in total. The topological polar surface area (TPSA) is 3.24 Å². The highest BCUT2D eigenvalue weighted by molar-refractivity contribution is 8.03. The average molecular weight is 714 g/mol. The van der Waals surface area contributed by atoms with Gasteiger partial charge in [-0.25, -0.2) is 0 Å². The third-order valence-electron chi connectivity index (χ3n) is 13.9. The molecule has 3 aromatic carbocycles. The van der Waals surface area contributed by atoms with E-state index in [-0.39, 0.29) is 5.41 Å². The Kier molecular flexibility index (Phi) is 7.80. The van der Waals surface area contributed by atoms with Crippen molar-refractivity contribution in [3.8, 4) is 11.1 Å². The van der Waals surface area contributed by atoms with E-state index in [0.29, 0.717) is 52.2 Å². The van der Waals surface area contributed by atoms with E-state index in [0.717, 1.165) is 6.42 Å². The molecular formula is C49H47NS2. The van der Waals surface area contributed by atoms with Gasteiger partial charge in [-0.05, 0) is 120 Å². The molecule has 0 saturated carbocycles. The predicted octanol–water partition coefficient (Wildman–Crippen LogP) is 12.3. The standard InChI is InChI=1S/C49H47NS2/c1-3-14-32(15-4-1)33-27-29-47-42(31-33)49(39-20-8-11-24-45(39)51-47)40-21-9-12-25-46(40)52-48-36(19-13-22-41(48)49)34-26-28-44-38(30-34)37-18-7-10-23-43(37)50(44)35-16-5-2-6-17-35/h1-8,10,13-18,20-23,26-29,31,34,36-38,41,43-44,46,48H,9,11-12,19,24-25,30H2. The van der Waals surface area contributed by atoms with Gasteiger partial charge in [-0.15, -0.1) is 11.8 Å². The maximum Gasteiger partial charge on any atom is 0.0548 e. The number of allylic oxidation sites excluding steroid dienone is 10. The largest absolute Gasteiger partial charge is 0.358 e. The number of nitrogens with zero attached hydrogens (tertiary/aromatic N) is 1. The first-order valence-electron chi connectivity index (χ1n) is 20.0. The molecule has 0 bridgehead atoms. The predicted molar refractivity (Wildman–Crippen MR) is 222 cm³/mol. The minimum atomic E-state index is -0.103. The highest BCUT2D eigenvalue weighted by Gasteiger charge is 2.60. The second-order valence-electron chi connectivity index (χ2n) is 16.3. The van der Waals surface area contributed by atoms with Crippen molar-refractivity contribution >= 4 is 29.2 Å². The lowest BCUT2D eigenvalue weighted by atomic mass is 9.54. The molecule has 2 fully saturated rings. The molecule has 2 saturated heterocycles. The fourth-order valence-electron chi connectivity index (χ4n) is 11.8. The summed E-state index contributed by atoms with van der Waals surface area (Å²) in [4.78, 5) is 5.86. The van der Waals surface area contributed by atoms with Crippen molar-refractivity contribution in [1.29, 1.82) is 0 Å². The Morgan fingerprint density at radius 1 is 0.750 bits per heavy atom. The Morgan fingerprint density at radius 3 is 2.52 bits per heavy atom. The summed E-state index contributed by atoms with van der Waals surface area (Å²) in [5, 5.41) is 1.17. The number of thioether (sulfide) groups is 2. The summed E-state index contributed by atoms with van der Waals surface area (Å²) in [6.45, 7) is 0. The van der Waals surface area contributed by atoms with Crippen molar-refractivity contribution in [2.45, 2.75) is 77.8 Å². The van der Waals surface area contributed by atoms with Gasteiger partial charge in [-0.3, -0.25) is 0 Å². The van der Waals surface area contributed by atoms with E-state index in [1.165, 1.54) is 60.2 Å². The first kappa shape index (κ1) is 31.8. The summed E-state index contributed by atoms with van der Waals surface area (Å²) in [5.74, 6) is 2.87. The first-order valence-corrected chi connectivity index (χ1v) is 21.7. The van der Waals surface area contributed by atoms with Gasteiger partial charge in [0.2, 0.25) is 0 Å². The van der Waals surface area contributed by atoms with Crippen LogP contribution in [0.15, 0.2) is 167 Å². The van der Waals surface area contributed by atoms with Crippen molar-refractivity contribution in [3.63, 3.8) is 0 Å². The van der Waals surface area contributed by atoms with Crippen molar-refractivity contribution in [3.05, 3.63) is 167 Å². The highest BCUT2D eigenvalue weighted by atomic mass is 32.2. The Balaban J connectivity index is 1.03. The van der Waals surface area contributed by atoms with Crippen LogP contribution in [0.2, 0.25) is 0 Å². The molecule has 5 aliphatic carbocycles.